The first-order chi connectivity index (χ1) is 10.2. The van der Waals surface area contributed by atoms with E-state index < -0.39 is 29.2 Å². The average Bonchev–Trinajstić information content (AvgIpc) is 2.75. The molecule has 0 aliphatic heterocycles. The van der Waals surface area contributed by atoms with E-state index in [1.54, 1.807) is 6.07 Å². The highest BCUT2D eigenvalue weighted by atomic mass is 19.4. The number of benzene rings is 1. The second-order valence-corrected chi connectivity index (χ2v) is 4.19. The van der Waals surface area contributed by atoms with Crippen LogP contribution in [0, 0.1) is 17.1 Å². The topological polar surface area (TPSA) is 72.8 Å². The number of ether oxygens (including phenoxy) is 1. The molecule has 22 heavy (non-hydrogen) atoms. The minimum Gasteiger partial charge on any atom is -0.495 e. The third-order valence-corrected chi connectivity index (χ3v) is 2.85. The number of hydrogen-bond acceptors (Lipinski definition) is 4. The van der Waals surface area contributed by atoms with Gasteiger partial charge in [-0.25, -0.2) is 9.18 Å². The fourth-order valence-corrected chi connectivity index (χ4v) is 1.80. The van der Waals surface area contributed by atoms with E-state index >= 15 is 0 Å². The Morgan fingerprint density at radius 2 is 2.00 bits per heavy atom. The van der Waals surface area contributed by atoms with Crippen LogP contribution in [0.25, 0.3) is 5.69 Å². The first-order valence-electron chi connectivity index (χ1n) is 5.72. The van der Waals surface area contributed by atoms with Crippen LogP contribution in [0.4, 0.5) is 17.6 Å². The number of nitrogens with zero attached hydrogens (tertiary/aromatic N) is 4. The highest BCUT2D eigenvalue weighted by Crippen LogP contribution is 2.28. The van der Waals surface area contributed by atoms with Gasteiger partial charge in [0.25, 0.3) is 0 Å². The standard InChI is InChI=1S/C12H8F4N4O2/c1-19-10(12(14,15)16)18-20(11(19)21)8-4-9(22-2)6(5-17)3-7(8)13/h3-4H,1-2H3. The molecule has 0 aliphatic rings. The van der Waals surface area contributed by atoms with Gasteiger partial charge in [0.05, 0.1) is 12.7 Å². The van der Waals surface area contributed by atoms with Crippen molar-refractivity contribution < 1.29 is 22.3 Å². The molecule has 0 unspecified atom stereocenters. The van der Waals surface area contributed by atoms with Gasteiger partial charge in [-0.1, -0.05) is 0 Å². The molecule has 0 amide bonds. The van der Waals surface area contributed by atoms with Crippen molar-refractivity contribution >= 4 is 0 Å². The highest BCUT2D eigenvalue weighted by Gasteiger charge is 2.38. The predicted octanol–water partition coefficient (Wildman–Crippen LogP) is 1.61. The molecule has 1 heterocycles. The number of rotatable bonds is 2. The van der Waals surface area contributed by atoms with E-state index in [2.05, 4.69) is 5.10 Å². The molecule has 10 heteroatoms. The summed E-state index contributed by atoms with van der Waals surface area (Å²) in [6.45, 7) is 0. The molecule has 1 aromatic heterocycles. The first-order valence-corrected chi connectivity index (χ1v) is 5.72. The first kappa shape index (κ1) is 15.6. The van der Waals surface area contributed by atoms with Crippen molar-refractivity contribution in [2.45, 2.75) is 6.18 Å². The SMILES string of the molecule is COc1cc(-n2nc(C(F)(F)F)n(C)c2=O)c(F)cc1C#N. The van der Waals surface area contributed by atoms with Gasteiger partial charge in [-0.2, -0.15) is 23.1 Å². The number of nitriles is 1. The van der Waals surface area contributed by atoms with E-state index in [9.17, 15) is 22.4 Å². The molecule has 6 nitrogen and oxygen atoms in total. The van der Waals surface area contributed by atoms with E-state index in [0.717, 1.165) is 19.2 Å². The molecule has 116 valence electrons. The third kappa shape index (κ3) is 2.41. The van der Waals surface area contributed by atoms with E-state index in [-0.39, 0.29) is 20.6 Å². The quantitative estimate of drug-likeness (QED) is 0.789. The Morgan fingerprint density at radius 3 is 2.45 bits per heavy atom. The highest BCUT2D eigenvalue weighted by molar-refractivity contribution is 5.50. The molecule has 2 aromatic rings. The molecule has 0 bridgehead atoms. The van der Waals surface area contributed by atoms with Crippen LogP contribution >= 0.6 is 0 Å². The van der Waals surface area contributed by atoms with Crippen LogP contribution in [0.2, 0.25) is 0 Å². The van der Waals surface area contributed by atoms with E-state index in [0.29, 0.717) is 0 Å². The number of aromatic nitrogens is 3. The number of alkyl halides is 3. The summed E-state index contributed by atoms with van der Waals surface area (Å²) in [5.74, 6) is -2.64. The van der Waals surface area contributed by atoms with Crippen LogP contribution in [0.5, 0.6) is 5.75 Å². The smallest absolute Gasteiger partial charge is 0.451 e. The lowest BCUT2D eigenvalue weighted by molar-refractivity contribution is -0.147. The maximum atomic E-state index is 14.0. The minimum absolute atomic E-state index is 0.0926. The molecule has 1 aromatic carbocycles. The van der Waals surface area contributed by atoms with Crippen LogP contribution in [-0.4, -0.2) is 21.5 Å². The third-order valence-electron chi connectivity index (χ3n) is 2.85. The number of methoxy groups -OCH3 is 1. The van der Waals surface area contributed by atoms with Gasteiger partial charge >= 0.3 is 11.9 Å². The van der Waals surface area contributed by atoms with Crippen LogP contribution in [0.15, 0.2) is 16.9 Å². The van der Waals surface area contributed by atoms with Crippen LogP contribution in [0.3, 0.4) is 0 Å². The molecule has 0 spiro atoms. The summed E-state index contributed by atoms with van der Waals surface area (Å²) < 4.78 is 57.5. The van der Waals surface area contributed by atoms with Gasteiger partial charge in [0, 0.05) is 13.1 Å². The summed E-state index contributed by atoms with van der Waals surface area (Å²) >= 11 is 0. The zero-order chi connectivity index (χ0) is 16.7. The molecule has 2 rings (SSSR count). The Balaban J connectivity index is 2.74. The largest absolute Gasteiger partial charge is 0.495 e. The normalized spacial score (nSPS) is 11.3. The monoisotopic (exact) mass is 316 g/mol. The van der Waals surface area contributed by atoms with Crippen molar-refractivity contribution in [1.29, 1.82) is 5.26 Å². The molecular weight excluding hydrogens is 308 g/mol. The minimum atomic E-state index is -4.87. The molecule has 0 fully saturated rings. The lowest BCUT2D eigenvalue weighted by Crippen LogP contribution is -2.24. The second-order valence-electron chi connectivity index (χ2n) is 4.19. The van der Waals surface area contributed by atoms with E-state index in [4.69, 9.17) is 10.00 Å². The molecule has 0 N–H and O–H groups in total. The molecule has 0 atom stereocenters. The van der Waals surface area contributed by atoms with Gasteiger partial charge in [0.2, 0.25) is 5.82 Å². The van der Waals surface area contributed by atoms with Gasteiger partial charge < -0.3 is 4.74 Å². The predicted molar refractivity (Wildman–Crippen MR) is 65.0 cm³/mol. The Hall–Kier alpha value is -2.83. The van der Waals surface area contributed by atoms with Crippen molar-refractivity contribution in [3.05, 3.63) is 39.8 Å². The maximum Gasteiger partial charge on any atom is 0.451 e. The van der Waals surface area contributed by atoms with Crippen molar-refractivity contribution in [3.63, 3.8) is 0 Å². The average molecular weight is 316 g/mol. The molecule has 0 aliphatic carbocycles. The maximum absolute atomic E-state index is 14.0. The molecular formula is C12H8F4N4O2. The zero-order valence-corrected chi connectivity index (χ0v) is 11.3. The number of hydrogen-bond donors (Lipinski definition) is 0. The van der Waals surface area contributed by atoms with E-state index in [1.807, 2.05) is 0 Å². The van der Waals surface area contributed by atoms with Gasteiger partial charge in [0.15, 0.2) is 5.82 Å². The Labute approximate surface area is 120 Å². The molecule has 0 radical (unpaired) electrons. The Bertz CT molecular complexity index is 829. The summed E-state index contributed by atoms with van der Waals surface area (Å²) in [4.78, 5) is 11.8. The van der Waals surface area contributed by atoms with Crippen LogP contribution in [0.1, 0.15) is 11.4 Å². The number of halogens is 4. The zero-order valence-electron chi connectivity index (χ0n) is 11.3. The lowest BCUT2D eigenvalue weighted by atomic mass is 10.2. The Morgan fingerprint density at radius 1 is 1.36 bits per heavy atom. The summed E-state index contributed by atoms with van der Waals surface area (Å²) in [5.41, 5.74) is -1.89. The summed E-state index contributed by atoms with van der Waals surface area (Å²) in [5, 5.41) is 11.9. The summed E-state index contributed by atoms with van der Waals surface area (Å²) in [7, 11) is 2.06. The van der Waals surface area contributed by atoms with Gasteiger partial charge in [-0.15, -0.1) is 5.10 Å². The van der Waals surface area contributed by atoms with Crippen molar-refractivity contribution in [1.82, 2.24) is 14.3 Å². The molecule has 0 saturated heterocycles. The van der Waals surface area contributed by atoms with E-state index in [1.165, 1.54) is 7.11 Å². The Kier molecular flexibility index (Phi) is 3.66. The van der Waals surface area contributed by atoms with Gasteiger partial charge in [-0.05, 0) is 6.07 Å². The van der Waals surface area contributed by atoms with Crippen LogP contribution < -0.4 is 10.4 Å². The lowest BCUT2D eigenvalue weighted by Gasteiger charge is -2.07. The fourth-order valence-electron chi connectivity index (χ4n) is 1.80. The van der Waals surface area contributed by atoms with Crippen molar-refractivity contribution in [2.24, 2.45) is 7.05 Å². The van der Waals surface area contributed by atoms with Crippen LogP contribution in [-0.2, 0) is 13.2 Å². The van der Waals surface area contributed by atoms with Crippen molar-refractivity contribution in [3.8, 4) is 17.5 Å². The second kappa shape index (κ2) is 5.18. The molecule has 0 saturated carbocycles. The van der Waals surface area contributed by atoms with Crippen molar-refractivity contribution in [2.75, 3.05) is 7.11 Å². The summed E-state index contributed by atoms with van der Waals surface area (Å²) in [6, 6.07) is 3.35. The summed E-state index contributed by atoms with van der Waals surface area (Å²) in [6.07, 6.45) is -4.87. The van der Waals surface area contributed by atoms with Gasteiger partial charge in [0.1, 0.15) is 17.5 Å². The fraction of sp³-hybridized carbons (Fsp3) is 0.250. The van der Waals surface area contributed by atoms with Gasteiger partial charge in [-0.3, -0.25) is 4.57 Å².